The van der Waals surface area contributed by atoms with Crippen LogP contribution in [0.4, 0.5) is 11.5 Å². The maximum absolute atomic E-state index is 12.1. The number of carbonyl (C=O) groups is 1. The van der Waals surface area contributed by atoms with Gasteiger partial charge in [-0.3, -0.25) is 4.79 Å². The molecule has 184 valence electrons. The van der Waals surface area contributed by atoms with Crippen LogP contribution in [0.15, 0.2) is 36.7 Å². The number of benzene rings is 2. The first-order valence-electron chi connectivity index (χ1n) is 12.7. The number of hydrogen-bond donors (Lipinski definition) is 2. The smallest absolute Gasteiger partial charge is 0.208 e. The fraction of sp³-hybridized carbons (Fsp3) is 0.414. The summed E-state index contributed by atoms with van der Waals surface area (Å²) in [5.41, 5.74) is 4.68. The van der Waals surface area contributed by atoms with Gasteiger partial charge in [0.2, 0.25) is 5.78 Å². The van der Waals surface area contributed by atoms with E-state index in [1.165, 1.54) is 17.5 Å². The predicted molar refractivity (Wildman–Crippen MR) is 139 cm³/mol. The normalized spacial score (nSPS) is 24.6. The number of ketones is 1. The van der Waals surface area contributed by atoms with Crippen molar-refractivity contribution in [3.63, 3.8) is 0 Å². The van der Waals surface area contributed by atoms with Crippen LogP contribution in [0.5, 0.6) is 11.5 Å². The molecule has 3 heterocycles. The van der Waals surface area contributed by atoms with E-state index in [4.69, 9.17) is 15.9 Å². The largest absolute Gasteiger partial charge is 0.493 e. The van der Waals surface area contributed by atoms with Gasteiger partial charge >= 0.3 is 0 Å². The Hall–Kier alpha value is -3.63. The third-order valence-corrected chi connectivity index (χ3v) is 7.83. The van der Waals surface area contributed by atoms with Crippen LogP contribution in [0.25, 0.3) is 10.9 Å². The third kappa shape index (κ3) is 4.27. The van der Waals surface area contributed by atoms with Crippen LogP contribution in [-0.2, 0) is 17.6 Å². The van der Waals surface area contributed by atoms with Crippen LogP contribution in [-0.4, -0.2) is 41.0 Å². The van der Waals surface area contributed by atoms with Gasteiger partial charge in [-0.1, -0.05) is 12.1 Å². The Labute approximate surface area is 211 Å². The Morgan fingerprint density at radius 2 is 1.94 bits per heavy atom. The van der Waals surface area contributed by atoms with Gasteiger partial charge < -0.3 is 20.1 Å². The van der Waals surface area contributed by atoms with Crippen LogP contribution < -0.4 is 20.1 Å². The molecule has 7 nitrogen and oxygen atoms in total. The molecule has 1 aliphatic carbocycles. The highest BCUT2D eigenvalue weighted by atomic mass is 16.5. The standard InChI is InChI=1S/C29H30N4O3/c1-3-26(34)18-10-19-12-21(13-20(11-18)32-19)36-28-14-23-25(15-27(28)35-2)30-16-31-29(23)33-24-9-5-7-17-6-4-8-22(17)24/h1,5,7,9,14-16,18-21,32H,4,6,8,10-13H2,2H3,(H,30,31,33). The number of aryl methyl sites for hydroxylation is 1. The molecule has 6 rings (SSSR count). The minimum atomic E-state index is -0.0776. The van der Waals surface area contributed by atoms with E-state index < -0.39 is 0 Å². The van der Waals surface area contributed by atoms with Crippen molar-refractivity contribution in [3.8, 4) is 23.8 Å². The van der Waals surface area contributed by atoms with Crippen LogP contribution in [0.1, 0.15) is 43.2 Å². The van der Waals surface area contributed by atoms with Gasteiger partial charge in [-0.2, -0.15) is 0 Å². The summed E-state index contributed by atoms with van der Waals surface area (Å²) < 4.78 is 12.2. The lowest BCUT2D eigenvalue weighted by atomic mass is 9.77. The fourth-order valence-corrected chi connectivity index (χ4v) is 6.20. The van der Waals surface area contributed by atoms with Gasteiger partial charge in [0.15, 0.2) is 11.5 Å². The Morgan fingerprint density at radius 1 is 1.11 bits per heavy atom. The summed E-state index contributed by atoms with van der Waals surface area (Å²) in [6.45, 7) is 0. The lowest BCUT2D eigenvalue weighted by Gasteiger charge is -2.42. The number of aromatic nitrogens is 2. The topological polar surface area (TPSA) is 85.4 Å². The van der Waals surface area contributed by atoms with E-state index in [1.807, 2.05) is 12.1 Å². The van der Waals surface area contributed by atoms with Gasteiger partial charge in [0, 0.05) is 35.1 Å². The molecule has 2 aromatic carbocycles. The molecule has 2 atom stereocenters. The van der Waals surface area contributed by atoms with Crippen LogP contribution in [0, 0.1) is 18.3 Å². The molecule has 2 unspecified atom stereocenters. The first-order chi connectivity index (χ1) is 17.6. The number of piperidine rings is 2. The lowest BCUT2D eigenvalue weighted by Crippen LogP contribution is -2.54. The average molecular weight is 483 g/mol. The summed E-state index contributed by atoms with van der Waals surface area (Å²) in [6, 6.07) is 10.8. The Morgan fingerprint density at radius 3 is 2.72 bits per heavy atom. The lowest BCUT2D eigenvalue weighted by molar-refractivity contribution is -0.119. The molecule has 0 radical (unpaired) electrons. The molecule has 2 bridgehead atoms. The average Bonchev–Trinajstić information content (AvgIpc) is 3.37. The summed E-state index contributed by atoms with van der Waals surface area (Å²) in [5, 5.41) is 8.08. The highest BCUT2D eigenvalue weighted by Crippen LogP contribution is 2.39. The Kier molecular flexibility index (Phi) is 5.98. The molecule has 0 amide bonds. The summed E-state index contributed by atoms with van der Waals surface area (Å²) in [4.78, 5) is 21.1. The SMILES string of the molecule is C#CC(=O)C1CC2CC(Oc3cc4c(Nc5cccc6c5CCC6)ncnc4cc3OC)CC(C1)N2. The number of anilines is 2. The quantitative estimate of drug-likeness (QED) is 0.399. The van der Waals surface area contributed by atoms with Crippen molar-refractivity contribution in [3.05, 3.63) is 47.8 Å². The predicted octanol–water partition coefficient (Wildman–Crippen LogP) is 4.35. The Balaban J connectivity index is 1.27. The summed E-state index contributed by atoms with van der Waals surface area (Å²) in [6.07, 6.45) is 13.5. The second kappa shape index (κ2) is 9.44. The third-order valence-electron chi connectivity index (χ3n) is 7.83. The number of fused-ring (bicyclic) bond motifs is 4. The van der Waals surface area contributed by atoms with E-state index in [1.54, 1.807) is 13.4 Å². The maximum atomic E-state index is 12.1. The van der Waals surface area contributed by atoms with Crippen molar-refractivity contribution in [1.82, 2.24) is 15.3 Å². The van der Waals surface area contributed by atoms with Crippen LogP contribution in [0.3, 0.4) is 0 Å². The molecule has 0 spiro atoms. The second-order valence-electron chi connectivity index (χ2n) is 10.1. The summed E-state index contributed by atoms with van der Waals surface area (Å²) in [7, 11) is 1.65. The Bertz CT molecular complexity index is 1350. The zero-order chi connectivity index (χ0) is 24.6. The van der Waals surface area contributed by atoms with Crippen LogP contribution >= 0.6 is 0 Å². The zero-order valence-electron chi connectivity index (χ0n) is 20.4. The molecule has 3 aromatic rings. The van der Waals surface area contributed by atoms with Crippen molar-refractivity contribution in [2.75, 3.05) is 12.4 Å². The maximum Gasteiger partial charge on any atom is 0.208 e. The van der Waals surface area contributed by atoms with Gasteiger partial charge in [0.1, 0.15) is 18.2 Å². The summed E-state index contributed by atoms with van der Waals surface area (Å²) >= 11 is 0. The van der Waals surface area contributed by atoms with E-state index in [9.17, 15) is 4.79 Å². The number of hydrogen-bond acceptors (Lipinski definition) is 7. The molecule has 1 aromatic heterocycles. The first-order valence-corrected chi connectivity index (χ1v) is 12.7. The molecule has 2 N–H and O–H groups in total. The molecule has 2 saturated heterocycles. The van der Waals surface area contributed by atoms with Crippen molar-refractivity contribution >= 4 is 28.2 Å². The number of Topliss-reactive ketones (excluding diaryl/α,β-unsaturated/α-hetero) is 1. The van der Waals surface area contributed by atoms with Crippen molar-refractivity contribution in [2.45, 2.75) is 63.1 Å². The summed E-state index contributed by atoms with van der Waals surface area (Å²) in [5.74, 6) is 4.27. The number of nitrogens with one attached hydrogen (secondary N) is 2. The van der Waals surface area contributed by atoms with Gasteiger partial charge in [0.05, 0.1) is 12.6 Å². The highest BCUT2D eigenvalue weighted by molar-refractivity contribution is 5.97. The number of ether oxygens (including phenoxy) is 2. The van der Waals surface area contributed by atoms with Crippen molar-refractivity contribution in [1.29, 1.82) is 0 Å². The van der Waals surface area contributed by atoms with E-state index >= 15 is 0 Å². The monoisotopic (exact) mass is 482 g/mol. The van der Waals surface area contributed by atoms with Gasteiger partial charge in [0.25, 0.3) is 0 Å². The zero-order valence-corrected chi connectivity index (χ0v) is 20.4. The highest BCUT2D eigenvalue weighted by Gasteiger charge is 2.38. The van der Waals surface area contributed by atoms with Crippen LogP contribution in [0.2, 0.25) is 0 Å². The molecular formula is C29H30N4O3. The first kappa shape index (κ1) is 22.8. The van der Waals surface area contributed by atoms with E-state index in [2.05, 4.69) is 44.7 Å². The molecule has 0 saturated carbocycles. The van der Waals surface area contributed by atoms with E-state index in [0.29, 0.717) is 11.5 Å². The van der Waals surface area contributed by atoms with Gasteiger partial charge in [-0.15, -0.1) is 6.42 Å². The number of rotatable bonds is 6. The van der Waals surface area contributed by atoms with Crippen molar-refractivity contribution in [2.24, 2.45) is 5.92 Å². The molecule has 7 heteroatoms. The number of nitrogens with zero attached hydrogens (tertiary/aromatic N) is 2. The minimum absolute atomic E-state index is 0.0212. The second-order valence-corrected chi connectivity index (χ2v) is 10.1. The number of carbonyl (C=O) groups excluding carboxylic acids is 1. The fourth-order valence-electron chi connectivity index (χ4n) is 6.20. The molecule has 3 aliphatic rings. The van der Waals surface area contributed by atoms with Crippen molar-refractivity contribution < 1.29 is 14.3 Å². The molecule has 36 heavy (non-hydrogen) atoms. The number of terminal acetylenes is 1. The van der Waals surface area contributed by atoms with E-state index in [0.717, 1.165) is 60.9 Å². The number of methoxy groups -OCH3 is 1. The molecular weight excluding hydrogens is 452 g/mol. The van der Waals surface area contributed by atoms with Gasteiger partial charge in [-0.25, -0.2) is 9.97 Å². The minimum Gasteiger partial charge on any atom is -0.493 e. The molecule has 2 aliphatic heterocycles. The molecule has 2 fully saturated rings. The van der Waals surface area contributed by atoms with Gasteiger partial charge in [-0.05, 0) is 74.1 Å². The van der Waals surface area contributed by atoms with E-state index in [-0.39, 0.29) is 29.9 Å².